The van der Waals surface area contributed by atoms with Gasteiger partial charge in [-0.25, -0.2) is 0 Å². The number of fused-ring (bicyclic) bond motifs is 1. The maximum absolute atomic E-state index is 12.3. The van der Waals surface area contributed by atoms with Crippen LogP contribution in [-0.4, -0.2) is 43.7 Å². The number of para-hydroxylation sites is 2. The van der Waals surface area contributed by atoms with Crippen LogP contribution in [-0.2, 0) is 14.3 Å². The lowest BCUT2D eigenvalue weighted by Gasteiger charge is -2.29. The van der Waals surface area contributed by atoms with E-state index >= 15 is 0 Å². The molecule has 1 aliphatic heterocycles. The molecule has 0 unspecified atom stereocenters. The third-order valence-electron chi connectivity index (χ3n) is 5.10. The average Bonchev–Trinajstić information content (AvgIpc) is 3.22. The molecule has 0 saturated carbocycles. The van der Waals surface area contributed by atoms with E-state index in [2.05, 4.69) is 10.3 Å². The fourth-order valence-corrected chi connectivity index (χ4v) is 3.43. The highest BCUT2D eigenvalue weighted by molar-refractivity contribution is 5.93. The van der Waals surface area contributed by atoms with Gasteiger partial charge in [0.25, 0.3) is 11.9 Å². The maximum Gasteiger partial charge on any atom is 0.309 e. The van der Waals surface area contributed by atoms with Gasteiger partial charge >= 0.3 is 5.97 Å². The molecule has 156 valence electrons. The number of methoxy groups -OCH3 is 1. The predicted octanol–water partition coefficient (Wildman–Crippen LogP) is 3.23. The number of ether oxygens (including phenoxy) is 2. The molecule has 1 saturated heterocycles. The third kappa shape index (κ3) is 4.53. The largest absolute Gasteiger partial charge is 0.497 e. The predicted molar refractivity (Wildman–Crippen MR) is 112 cm³/mol. The highest BCUT2D eigenvalue weighted by Crippen LogP contribution is 2.26. The number of rotatable bonds is 6. The van der Waals surface area contributed by atoms with Crippen molar-refractivity contribution < 1.29 is 23.5 Å². The van der Waals surface area contributed by atoms with Crippen LogP contribution in [0.1, 0.15) is 12.8 Å². The number of nitrogens with one attached hydrogen (secondary N) is 1. The van der Waals surface area contributed by atoms with Gasteiger partial charge in [-0.05, 0) is 49.2 Å². The molecular weight excluding hydrogens is 386 g/mol. The van der Waals surface area contributed by atoms with Crippen LogP contribution < -0.4 is 15.0 Å². The first-order chi connectivity index (χ1) is 14.6. The molecule has 4 rings (SSSR count). The van der Waals surface area contributed by atoms with Gasteiger partial charge in [0.05, 0.1) is 13.0 Å². The van der Waals surface area contributed by atoms with E-state index in [4.69, 9.17) is 13.9 Å². The Morgan fingerprint density at radius 2 is 1.87 bits per heavy atom. The van der Waals surface area contributed by atoms with Gasteiger partial charge < -0.3 is 24.1 Å². The van der Waals surface area contributed by atoms with Gasteiger partial charge in [0.1, 0.15) is 11.3 Å². The minimum atomic E-state index is -0.377. The maximum atomic E-state index is 12.3. The van der Waals surface area contributed by atoms with Crippen molar-refractivity contribution >= 4 is 34.7 Å². The first-order valence-electron chi connectivity index (χ1n) is 9.83. The van der Waals surface area contributed by atoms with E-state index in [9.17, 15) is 9.59 Å². The second kappa shape index (κ2) is 8.86. The summed E-state index contributed by atoms with van der Waals surface area (Å²) < 4.78 is 16.1. The molecule has 8 nitrogen and oxygen atoms in total. The molecule has 0 aliphatic carbocycles. The van der Waals surface area contributed by atoms with Gasteiger partial charge in [0.15, 0.2) is 12.2 Å². The molecule has 1 aliphatic rings. The van der Waals surface area contributed by atoms with Crippen LogP contribution in [0.3, 0.4) is 0 Å². The number of benzene rings is 2. The number of carbonyl (C=O) groups excluding carboxylic acids is 2. The van der Waals surface area contributed by atoms with E-state index in [1.165, 1.54) is 0 Å². The second-order valence-corrected chi connectivity index (χ2v) is 7.11. The Balaban J connectivity index is 1.23. The number of anilines is 2. The van der Waals surface area contributed by atoms with Crippen LogP contribution >= 0.6 is 0 Å². The topological polar surface area (TPSA) is 93.9 Å². The van der Waals surface area contributed by atoms with E-state index < -0.39 is 0 Å². The quantitative estimate of drug-likeness (QED) is 0.625. The van der Waals surface area contributed by atoms with Crippen molar-refractivity contribution in [3.8, 4) is 5.75 Å². The van der Waals surface area contributed by atoms with E-state index in [1.54, 1.807) is 31.4 Å². The van der Waals surface area contributed by atoms with Gasteiger partial charge in [-0.3, -0.25) is 9.59 Å². The molecule has 0 radical (unpaired) electrons. The summed E-state index contributed by atoms with van der Waals surface area (Å²) in [7, 11) is 1.57. The van der Waals surface area contributed by atoms with Crippen molar-refractivity contribution in [3.63, 3.8) is 0 Å². The number of aromatic nitrogens is 1. The summed E-state index contributed by atoms with van der Waals surface area (Å²) in [4.78, 5) is 30.9. The molecule has 0 spiro atoms. The van der Waals surface area contributed by atoms with Crippen molar-refractivity contribution in [2.45, 2.75) is 12.8 Å². The summed E-state index contributed by atoms with van der Waals surface area (Å²) in [6.45, 7) is 0.978. The number of nitrogens with zero attached hydrogens (tertiary/aromatic N) is 2. The molecule has 0 atom stereocenters. The molecule has 3 aromatic rings. The Morgan fingerprint density at radius 1 is 1.13 bits per heavy atom. The molecule has 2 heterocycles. The Morgan fingerprint density at radius 3 is 2.57 bits per heavy atom. The lowest BCUT2D eigenvalue weighted by atomic mass is 9.97. The van der Waals surface area contributed by atoms with Gasteiger partial charge in [-0.1, -0.05) is 12.1 Å². The van der Waals surface area contributed by atoms with Crippen LogP contribution in [0, 0.1) is 5.92 Å². The third-order valence-corrected chi connectivity index (χ3v) is 5.10. The van der Waals surface area contributed by atoms with Crippen molar-refractivity contribution in [1.29, 1.82) is 0 Å². The van der Waals surface area contributed by atoms with Crippen LogP contribution in [0.4, 0.5) is 11.7 Å². The molecule has 8 heteroatoms. The van der Waals surface area contributed by atoms with E-state index in [0.717, 1.165) is 11.1 Å². The minimum absolute atomic E-state index is 0.237. The van der Waals surface area contributed by atoms with Crippen LogP contribution in [0.25, 0.3) is 11.1 Å². The number of carbonyl (C=O) groups is 2. The Bertz CT molecular complexity index is 990. The Kier molecular flexibility index (Phi) is 5.83. The van der Waals surface area contributed by atoms with Gasteiger partial charge in [0, 0.05) is 18.8 Å². The molecule has 0 bridgehead atoms. The number of hydrogen-bond acceptors (Lipinski definition) is 7. The Labute approximate surface area is 173 Å². The first kappa shape index (κ1) is 19.8. The van der Waals surface area contributed by atoms with E-state index in [0.29, 0.717) is 43.4 Å². The summed E-state index contributed by atoms with van der Waals surface area (Å²) in [5.74, 6) is -0.266. The van der Waals surface area contributed by atoms with Gasteiger partial charge in [0.2, 0.25) is 0 Å². The SMILES string of the molecule is COc1ccc(NC(=O)COC(=O)C2CCN(c3nc4ccccc4o3)CC2)cc1. The molecule has 1 amide bonds. The minimum Gasteiger partial charge on any atom is -0.497 e. The van der Waals surface area contributed by atoms with Gasteiger partial charge in [-0.2, -0.15) is 4.98 Å². The molecular formula is C22H23N3O5. The fraction of sp³-hybridized carbons (Fsp3) is 0.318. The zero-order valence-electron chi connectivity index (χ0n) is 16.7. The van der Waals surface area contributed by atoms with E-state index in [-0.39, 0.29) is 24.4 Å². The standard InChI is InChI=1S/C22H23N3O5/c1-28-17-8-6-16(7-9-17)23-20(26)14-29-21(27)15-10-12-25(13-11-15)22-24-18-4-2-3-5-19(18)30-22/h2-9,15H,10-14H2,1H3,(H,23,26). The molecule has 1 fully saturated rings. The summed E-state index contributed by atoms with van der Waals surface area (Å²) >= 11 is 0. The van der Waals surface area contributed by atoms with E-state index in [1.807, 2.05) is 29.2 Å². The monoisotopic (exact) mass is 409 g/mol. The normalized spacial score (nSPS) is 14.5. The second-order valence-electron chi connectivity index (χ2n) is 7.11. The highest BCUT2D eigenvalue weighted by atomic mass is 16.5. The molecule has 1 aromatic heterocycles. The van der Waals surface area contributed by atoms with Crippen molar-refractivity contribution in [2.24, 2.45) is 5.92 Å². The number of esters is 1. The number of amides is 1. The van der Waals surface area contributed by atoms with Crippen LogP contribution in [0.5, 0.6) is 5.75 Å². The van der Waals surface area contributed by atoms with Crippen molar-refractivity contribution in [1.82, 2.24) is 4.98 Å². The zero-order valence-corrected chi connectivity index (χ0v) is 16.7. The number of oxazole rings is 1. The molecule has 30 heavy (non-hydrogen) atoms. The summed E-state index contributed by atoms with van der Waals surface area (Å²) in [6.07, 6.45) is 1.25. The lowest BCUT2D eigenvalue weighted by molar-refractivity contribution is -0.152. The van der Waals surface area contributed by atoms with Gasteiger partial charge in [-0.15, -0.1) is 0 Å². The highest BCUT2D eigenvalue weighted by Gasteiger charge is 2.28. The number of hydrogen-bond donors (Lipinski definition) is 1. The van der Waals surface area contributed by atoms with Crippen LogP contribution in [0.15, 0.2) is 52.9 Å². The smallest absolute Gasteiger partial charge is 0.309 e. The number of piperidine rings is 1. The molecule has 2 aromatic carbocycles. The Hall–Kier alpha value is -3.55. The molecule has 1 N–H and O–H groups in total. The van der Waals surface area contributed by atoms with Crippen LogP contribution in [0.2, 0.25) is 0 Å². The van der Waals surface area contributed by atoms with Crippen molar-refractivity contribution in [3.05, 3.63) is 48.5 Å². The average molecular weight is 409 g/mol. The summed E-state index contributed by atoms with van der Waals surface area (Å²) in [6, 6.07) is 15.1. The van der Waals surface area contributed by atoms with Crippen molar-refractivity contribution in [2.75, 3.05) is 37.0 Å². The fourth-order valence-electron chi connectivity index (χ4n) is 3.43. The summed E-state index contributed by atoms with van der Waals surface area (Å²) in [5.41, 5.74) is 2.18. The lowest BCUT2D eigenvalue weighted by Crippen LogP contribution is -2.37. The summed E-state index contributed by atoms with van der Waals surface area (Å²) in [5, 5.41) is 2.69. The first-order valence-corrected chi connectivity index (χ1v) is 9.83. The zero-order chi connectivity index (χ0) is 20.9.